The summed E-state index contributed by atoms with van der Waals surface area (Å²) in [5.41, 5.74) is 0.580. The Kier molecular flexibility index (Phi) is 6.54. The van der Waals surface area contributed by atoms with Crippen molar-refractivity contribution in [2.75, 3.05) is 11.9 Å². The minimum absolute atomic E-state index is 0.0205. The van der Waals surface area contributed by atoms with Crippen LogP contribution in [-0.2, 0) is 4.79 Å². The smallest absolute Gasteiger partial charge is 0.225 e. The molecule has 1 aromatic rings. The number of benzene rings is 1. The van der Waals surface area contributed by atoms with Crippen LogP contribution in [0, 0.1) is 0 Å². The molecule has 1 fully saturated rings. The lowest BCUT2D eigenvalue weighted by Gasteiger charge is -2.32. The Bertz CT molecular complexity index is 513. The van der Waals surface area contributed by atoms with Crippen LogP contribution in [0.5, 0.6) is 0 Å². The molecular formula is C17H24Cl2N2O. The highest BCUT2D eigenvalue weighted by atomic mass is 35.5. The number of hydrogen-bond donors (Lipinski definition) is 1. The van der Waals surface area contributed by atoms with Crippen molar-refractivity contribution in [3.63, 3.8) is 0 Å². The first-order valence-corrected chi connectivity index (χ1v) is 8.73. The van der Waals surface area contributed by atoms with Gasteiger partial charge >= 0.3 is 0 Å². The summed E-state index contributed by atoms with van der Waals surface area (Å²) >= 11 is 12.0. The molecule has 22 heavy (non-hydrogen) atoms. The topological polar surface area (TPSA) is 32.3 Å². The van der Waals surface area contributed by atoms with Crippen LogP contribution < -0.4 is 5.32 Å². The van der Waals surface area contributed by atoms with Crippen LogP contribution in [0.3, 0.4) is 0 Å². The molecule has 0 heterocycles. The van der Waals surface area contributed by atoms with Crippen molar-refractivity contribution in [3.8, 4) is 0 Å². The van der Waals surface area contributed by atoms with Crippen LogP contribution in [0.15, 0.2) is 18.2 Å². The summed E-state index contributed by atoms with van der Waals surface area (Å²) in [7, 11) is 0. The van der Waals surface area contributed by atoms with Gasteiger partial charge in [0.2, 0.25) is 5.91 Å². The summed E-state index contributed by atoms with van der Waals surface area (Å²) in [6.07, 6.45) is 5.58. The van der Waals surface area contributed by atoms with Crippen molar-refractivity contribution < 1.29 is 4.79 Å². The largest absolute Gasteiger partial charge is 0.325 e. The molecule has 1 aliphatic carbocycles. The molecule has 1 aromatic carbocycles. The van der Waals surface area contributed by atoms with Crippen LogP contribution in [0.25, 0.3) is 0 Å². The average Bonchev–Trinajstić information content (AvgIpc) is 2.96. The zero-order valence-electron chi connectivity index (χ0n) is 13.2. The van der Waals surface area contributed by atoms with Gasteiger partial charge in [0, 0.05) is 30.1 Å². The Balaban J connectivity index is 1.89. The fraction of sp³-hybridized carbons (Fsp3) is 0.588. The van der Waals surface area contributed by atoms with Crippen molar-refractivity contribution in [2.45, 2.75) is 58.0 Å². The van der Waals surface area contributed by atoms with E-state index >= 15 is 0 Å². The minimum atomic E-state index is -0.0205. The molecular weight excluding hydrogens is 319 g/mol. The first kappa shape index (κ1) is 17.6. The van der Waals surface area contributed by atoms with E-state index in [9.17, 15) is 4.79 Å². The maximum atomic E-state index is 12.2. The van der Waals surface area contributed by atoms with Gasteiger partial charge in [-0.3, -0.25) is 9.69 Å². The lowest BCUT2D eigenvalue weighted by atomic mass is 10.1. The zero-order valence-corrected chi connectivity index (χ0v) is 14.8. The molecule has 0 saturated heterocycles. The van der Waals surface area contributed by atoms with Crippen LogP contribution in [0.2, 0.25) is 10.0 Å². The summed E-state index contributed by atoms with van der Waals surface area (Å²) in [5, 5.41) is 3.93. The quantitative estimate of drug-likeness (QED) is 0.790. The molecule has 0 spiro atoms. The molecule has 2 rings (SSSR count). The highest BCUT2D eigenvalue weighted by Crippen LogP contribution is 2.27. The van der Waals surface area contributed by atoms with Crippen molar-refractivity contribution in [2.24, 2.45) is 0 Å². The van der Waals surface area contributed by atoms with Crippen molar-refractivity contribution >= 4 is 34.8 Å². The number of carbonyl (C=O) groups excluding carboxylic acids is 1. The second-order valence-corrected chi connectivity index (χ2v) is 7.04. The van der Waals surface area contributed by atoms with E-state index in [1.165, 1.54) is 25.7 Å². The van der Waals surface area contributed by atoms with E-state index < -0.39 is 0 Å². The second kappa shape index (κ2) is 8.19. The number of carbonyl (C=O) groups is 1. The lowest BCUT2D eigenvalue weighted by Crippen LogP contribution is -2.40. The summed E-state index contributed by atoms with van der Waals surface area (Å²) in [5.74, 6) is -0.0205. The van der Waals surface area contributed by atoms with Gasteiger partial charge in [0.1, 0.15) is 0 Å². The van der Waals surface area contributed by atoms with E-state index in [2.05, 4.69) is 24.1 Å². The molecule has 1 saturated carbocycles. The van der Waals surface area contributed by atoms with Crippen molar-refractivity contribution in [3.05, 3.63) is 28.2 Å². The van der Waals surface area contributed by atoms with Gasteiger partial charge in [-0.15, -0.1) is 0 Å². The van der Waals surface area contributed by atoms with E-state index in [1.54, 1.807) is 18.2 Å². The summed E-state index contributed by atoms with van der Waals surface area (Å²) in [6.45, 7) is 5.18. The molecule has 0 unspecified atom stereocenters. The first-order chi connectivity index (χ1) is 10.5. The molecule has 0 radical (unpaired) electrons. The van der Waals surface area contributed by atoms with E-state index in [0.717, 1.165) is 6.54 Å². The zero-order chi connectivity index (χ0) is 16.1. The Morgan fingerprint density at radius 2 is 2.00 bits per heavy atom. The number of rotatable bonds is 6. The molecule has 0 atom stereocenters. The molecule has 5 heteroatoms. The Morgan fingerprint density at radius 3 is 2.64 bits per heavy atom. The maximum absolute atomic E-state index is 12.2. The van der Waals surface area contributed by atoms with Gasteiger partial charge < -0.3 is 5.32 Å². The van der Waals surface area contributed by atoms with Crippen LogP contribution >= 0.6 is 23.2 Å². The van der Waals surface area contributed by atoms with E-state index in [1.807, 2.05) is 0 Å². The molecule has 1 N–H and O–H groups in total. The predicted octanol–water partition coefficient (Wildman–Crippen LogP) is 4.98. The molecule has 0 aliphatic heterocycles. The monoisotopic (exact) mass is 342 g/mol. The molecule has 0 bridgehead atoms. The predicted molar refractivity (Wildman–Crippen MR) is 93.8 cm³/mol. The molecule has 1 amide bonds. The fourth-order valence-corrected chi connectivity index (χ4v) is 3.47. The second-order valence-electron chi connectivity index (χ2n) is 6.19. The molecule has 3 nitrogen and oxygen atoms in total. The molecule has 122 valence electrons. The van der Waals surface area contributed by atoms with Gasteiger partial charge in [-0.2, -0.15) is 0 Å². The van der Waals surface area contributed by atoms with Crippen LogP contribution in [0.4, 0.5) is 5.69 Å². The molecule has 0 aromatic heterocycles. The first-order valence-electron chi connectivity index (χ1n) is 7.98. The van der Waals surface area contributed by atoms with E-state index in [4.69, 9.17) is 23.2 Å². The number of hydrogen-bond acceptors (Lipinski definition) is 2. The van der Waals surface area contributed by atoms with Crippen LogP contribution in [-0.4, -0.2) is 29.4 Å². The maximum Gasteiger partial charge on any atom is 0.225 e. The van der Waals surface area contributed by atoms with Gasteiger partial charge in [0.25, 0.3) is 0 Å². The minimum Gasteiger partial charge on any atom is -0.325 e. The fourth-order valence-electron chi connectivity index (χ4n) is 3.13. The average molecular weight is 343 g/mol. The third kappa shape index (κ3) is 4.87. The normalized spacial score (nSPS) is 15.7. The van der Waals surface area contributed by atoms with E-state index in [0.29, 0.717) is 34.2 Å². The highest BCUT2D eigenvalue weighted by Gasteiger charge is 2.24. The molecule has 1 aliphatic rings. The Labute approximate surface area is 143 Å². The number of amides is 1. The number of nitrogens with one attached hydrogen (secondary N) is 1. The summed E-state index contributed by atoms with van der Waals surface area (Å²) in [6, 6.07) is 6.17. The Hall–Kier alpha value is -0.770. The van der Waals surface area contributed by atoms with Gasteiger partial charge in [0.15, 0.2) is 0 Å². The highest BCUT2D eigenvalue weighted by molar-refractivity contribution is 6.35. The standard InChI is InChI=1S/C17H24Cl2N2O/c1-12(2)21(14-5-3-4-6-14)10-9-17(22)20-16-11-13(18)7-8-15(16)19/h7-8,11-12,14H,3-6,9-10H2,1-2H3,(H,20,22). The number of anilines is 1. The SMILES string of the molecule is CC(C)N(CCC(=O)Nc1cc(Cl)ccc1Cl)C1CCCC1. The van der Waals surface area contributed by atoms with Gasteiger partial charge in [-0.1, -0.05) is 36.0 Å². The van der Waals surface area contributed by atoms with Crippen molar-refractivity contribution in [1.29, 1.82) is 0 Å². The lowest BCUT2D eigenvalue weighted by molar-refractivity contribution is -0.116. The van der Waals surface area contributed by atoms with E-state index in [-0.39, 0.29) is 5.91 Å². The van der Waals surface area contributed by atoms with Gasteiger partial charge in [0.05, 0.1) is 10.7 Å². The number of halogens is 2. The third-order valence-electron chi connectivity index (χ3n) is 4.26. The van der Waals surface area contributed by atoms with Crippen LogP contribution in [0.1, 0.15) is 46.0 Å². The summed E-state index contributed by atoms with van der Waals surface area (Å²) < 4.78 is 0. The Morgan fingerprint density at radius 1 is 1.32 bits per heavy atom. The number of nitrogens with zero attached hydrogens (tertiary/aromatic N) is 1. The van der Waals surface area contributed by atoms with Crippen molar-refractivity contribution in [1.82, 2.24) is 4.90 Å². The van der Waals surface area contributed by atoms with Gasteiger partial charge in [-0.05, 0) is 44.9 Å². The third-order valence-corrected chi connectivity index (χ3v) is 4.82. The van der Waals surface area contributed by atoms with Gasteiger partial charge in [-0.25, -0.2) is 0 Å². The summed E-state index contributed by atoms with van der Waals surface area (Å²) in [4.78, 5) is 14.6.